The summed E-state index contributed by atoms with van der Waals surface area (Å²) in [6, 6.07) is 6.36. The van der Waals surface area contributed by atoms with Crippen LogP contribution in [0.2, 0.25) is 0 Å². The topological polar surface area (TPSA) is 98.7 Å². The smallest absolute Gasteiger partial charge is 0.335 e. The maximum absolute atomic E-state index is 12.3. The average Bonchev–Trinajstić information content (AvgIpc) is 2.72. The van der Waals surface area contributed by atoms with Gasteiger partial charge in [0.1, 0.15) is 5.69 Å². The number of fused-ring (bicyclic) bond motifs is 1. The molecule has 0 atom stereocenters. The number of carboxylic acids is 1. The molecule has 1 aliphatic heterocycles. The Morgan fingerprint density at radius 3 is 2.48 bits per heavy atom. The summed E-state index contributed by atoms with van der Waals surface area (Å²) in [4.78, 5) is 35.9. The van der Waals surface area contributed by atoms with Gasteiger partial charge >= 0.3 is 5.97 Å². The van der Waals surface area contributed by atoms with Crippen LogP contribution < -0.4 is 15.1 Å². The van der Waals surface area contributed by atoms with Crippen LogP contribution in [0.25, 0.3) is 0 Å². The largest absolute Gasteiger partial charge is 0.478 e. The highest BCUT2D eigenvalue weighted by atomic mass is 16.4. The molecule has 0 bridgehead atoms. The fraction of sp³-hybridized carbons (Fsp3) is 0.368. The molecule has 27 heavy (non-hydrogen) atoms. The first kappa shape index (κ1) is 18.6. The molecule has 0 aliphatic carbocycles. The van der Waals surface area contributed by atoms with E-state index >= 15 is 0 Å². The maximum atomic E-state index is 12.3. The van der Waals surface area contributed by atoms with Gasteiger partial charge in [0.25, 0.3) is 0 Å². The van der Waals surface area contributed by atoms with Crippen LogP contribution in [0.4, 0.5) is 23.1 Å². The van der Waals surface area contributed by atoms with Gasteiger partial charge in [-0.1, -0.05) is 0 Å². The highest BCUT2D eigenvalue weighted by molar-refractivity contribution is 5.97. The molecule has 2 N–H and O–H groups in total. The van der Waals surface area contributed by atoms with Crippen LogP contribution in [0.3, 0.4) is 0 Å². The number of hydrogen-bond donors (Lipinski definition) is 2. The van der Waals surface area contributed by atoms with Crippen LogP contribution in [-0.2, 0) is 4.79 Å². The molecule has 0 fully saturated rings. The Morgan fingerprint density at radius 2 is 1.89 bits per heavy atom. The summed E-state index contributed by atoms with van der Waals surface area (Å²) < 4.78 is 0. The van der Waals surface area contributed by atoms with Gasteiger partial charge in [0.05, 0.1) is 11.8 Å². The summed E-state index contributed by atoms with van der Waals surface area (Å²) in [5.74, 6) is 0.122. The quantitative estimate of drug-likeness (QED) is 0.858. The molecule has 142 valence electrons. The van der Waals surface area contributed by atoms with E-state index in [4.69, 9.17) is 5.11 Å². The van der Waals surface area contributed by atoms with Gasteiger partial charge in [-0.25, -0.2) is 9.78 Å². The van der Waals surface area contributed by atoms with Gasteiger partial charge in [-0.05, 0) is 45.0 Å². The van der Waals surface area contributed by atoms with E-state index in [1.54, 1.807) is 30.3 Å². The van der Waals surface area contributed by atoms with E-state index in [0.29, 0.717) is 36.1 Å². The van der Waals surface area contributed by atoms with Gasteiger partial charge in [0.2, 0.25) is 11.9 Å². The number of nitrogens with zero attached hydrogens (tertiary/aromatic N) is 4. The van der Waals surface area contributed by atoms with Crippen molar-refractivity contribution in [2.45, 2.75) is 32.7 Å². The third-order valence-electron chi connectivity index (χ3n) is 4.49. The van der Waals surface area contributed by atoms with E-state index in [0.717, 1.165) is 0 Å². The lowest BCUT2D eigenvalue weighted by molar-refractivity contribution is -0.118. The Bertz CT molecular complexity index is 874. The fourth-order valence-corrected chi connectivity index (χ4v) is 2.96. The molecule has 2 heterocycles. The molecule has 3 rings (SSSR count). The second kappa shape index (κ2) is 6.86. The van der Waals surface area contributed by atoms with Crippen LogP contribution in [0, 0.1) is 0 Å². The summed E-state index contributed by atoms with van der Waals surface area (Å²) in [6.45, 7) is 6.80. The standard InChI is InChI=1S/C19H23N5O3/c1-19(2,3)24-10-9-15(25)23(4)14-11-20-18(22-16(14)24)21-13-7-5-12(6-8-13)17(26)27/h5-8,11H,9-10H2,1-4H3,(H,26,27)(H,20,21,22). The molecule has 1 aliphatic rings. The van der Waals surface area contributed by atoms with Gasteiger partial charge < -0.3 is 20.2 Å². The number of nitrogens with one attached hydrogen (secondary N) is 1. The van der Waals surface area contributed by atoms with Crippen molar-refractivity contribution >= 4 is 35.0 Å². The molecular weight excluding hydrogens is 346 g/mol. The molecular formula is C19H23N5O3. The molecule has 2 aromatic rings. The normalized spacial score (nSPS) is 14.6. The molecule has 1 amide bonds. The van der Waals surface area contributed by atoms with Crippen molar-refractivity contribution < 1.29 is 14.7 Å². The van der Waals surface area contributed by atoms with Crippen LogP contribution in [0.1, 0.15) is 37.6 Å². The van der Waals surface area contributed by atoms with Crippen molar-refractivity contribution in [3.8, 4) is 0 Å². The first-order valence-corrected chi connectivity index (χ1v) is 8.68. The number of hydrogen-bond acceptors (Lipinski definition) is 6. The van der Waals surface area contributed by atoms with E-state index in [1.807, 2.05) is 0 Å². The Kier molecular flexibility index (Phi) is 4.73. The number of carboxylic acid groups (broad SMARTS) is 1. The fourth-order valence-electron chi connectivity index (χ4n) is 2.96. The summed E-state index contributed by atoms with van der Waals surface area (Å²) in [5, 5.41) is 12.1. The first-order valence-electron chi connectivity index (χ1n) is 8.68. The SMILES string of the molecule is CN1C(=O)CCN(C(C)(C)C)c2nc(Nc3ccc(C(=O)O)cc3)ncc21. The second-order valence-corrected chi connectivity index (χ2v) is 7.44. The summed E-state index contributed by atoms with van der Waals surface area (Å²) in [5.41, 5.74) is 1.34. The predicted octanol–water partition coefficient (Wildman–Crippen LogP) is 2.89. The molecule has 1 aromatic heterocycles. The van der Waals surface area contributed by atoms with Crippen LogP contribution >= 0.6 is 0 Å². The Balaban J connectivity index is 1.96. The third kappa shape index (κ3) is 3.84. The number of benzene rings is 1. The van der Waals surface area contributed by atoms with E-state index in [-0.39, 0.29) is 17.0 Å². The van der Waals surface area contributed by atoms with Gasteiger partial charge in [0, 0.05) is 31.2 Å². The number of anilines is 4. The zero-order valence-electron chi connectivity index (χ0n) is 15.9. The Morgan fingerprint density at radius 1 is 1.22 bits per heavy atom. The molecule has 8 heteroatoms. The number of rotatable bonds is 3. The van der Waals surface area contributed by atoms with Crippen LogP contribution in [-0.4, -0.2) is 46.1 Å². The lowest BCUT2D eigenvalue weighted by Gasteiger charge is -2.36. The summed E-state index contributed by atoms with van der Waals surface area (Å²) in [7, 11) is 1.73. The molecule has 0 spiro atoms. The van der Waals surface area contributed by atoms with Crippen molar-refractivity contribution in [3.05, 3.63) is 36.0 Å². The number of aromatic nitrogens is 2. The lowest BCUT2D eigenvalue weighted by atomic mass is 10.1. The number of carbonyl (C=O) groups excluding carboxylic acids is 1. The molecule has 0 saturated carbocycles. The maximum Gasteiger partial charge on any atom is 0.335 e. The average molecular weight is 369 g/mol. The molecule has 0 unspecified atom stereocenters. The molecule has 1 aromatic carbocycles. The van der Waals surface area contributed by atoms with Crippen molar-refractivity contribution in [1.29, 1.82) is 0 Å². The van der Waals surface area contributed by atoms with Gasteiger partial charge in [-0.15, -0.1) is 0 Å². The van der Waals surface area contributed by atoms with Gasteiger partial charge in [0.15, 0.2) is 5.82 Å². The number of aromatic carboxylic acids is 1. The minimum atomic E-state index is -0.976. The predicted molar refractivity (Wildman–Crippen MR) is 104 cm³/mol. The Labute approximate surface area is 157 Å². The molecule has 0 radical (unpaired) electrons. The molecule has 0 saturated heterocycles. The highest BCUT2D eigenvalue weighted by Gasteiger charge is 2.31. The minimum Gasteiger partial charge on any atom is -0.478 e. The Hall–Kier alpha value is -3.16. The van der Waals surface area contributed by atoms with Gasteiger partial charge in [-0.2, -0.15) is 4.98 Å². The second-order valence-electron chi connectivity index (χ2n) is 7.44. The van der Waals surface area contributed by atoms with Crippen molar-refractivity contribution in [3.63, 3.8) is 0 Å². The highest BCUT2D eigenvalue weighted by Crippen LogP contribution is 2.35. The molecule has 8 nitrogen and oxygen atoms in total. The van der Waals surface area contributed by atoms with Crippen LogP contribution in [0.15, 0.2) is 30.5 Å². The number of amides is 1. The van der Waals surface area contributed by atoms with Crippen molar-refractivity contribution in [2.24, 2.45) is 0 Å². The van der Waals surface area contributed by atoms with Crippen LogP contribution in [0.5, 0.6) is 0 Å². The zero-order chi connectivity index (χ0) is 19.8. The van der Waals surface area contributed by atoms with E-state index < -0.39 is 5.97 Å². The summed E-state index contributed by atoms with van der Waals surface area (Å²) >= 11 is 0. The summed E-state index contributed by atoms with van der Waals surface area (Å²) in [6.07, 6.45) is 2.04. The van der Waals surface area contributed by atoms with Crippen molar-refractivity contribution in [1.82, 2.24) is 9.97 Å². The minimum absolute atomic E-state index is 0.0246. The van der Waals surface area contributed by atoms with E-state index in [9.17, 15) is 9.59 Å². The van der Waals surface area contributed by atoms with E-state index in [1.165, 1.54) is 12.1 Å². The monoisotopic (exact) mass is 369 g/mol. The lowest BCUT2D eigenvalue weighted by Crippen LogP contribution is -2.42. The third-order valence-corrected chi connectivity index (χ3v) is 4.49. The van der Waals surface area contributed by atoms with Crippen molar-refractivity contribution in [2.75, 3.05) is 28.7 Å². The zero-order valence-corrected chi connectivity index (χ0v) is 15.9. The van der Waals surface area contributed by atoms with E-state index in [2.05, 4.69) is 41.0 Å². The first-order chi connectivity index (χ1) is 12.7. The number of carbonyl (C=O) groups is 2. The van der Waals surface area contributed by atoms with Gasteiger partial charge in [-0.3, -0.25) is 4.79 Å².